The van der Waals surface area contributed by atoms with E-state index >= 15 is 0 Å². The minimum absolute atomic E-state index is 0.0800. The van der Waals surface area contributed by atoms with E-state index in [2.05, 4.69) is 16.3 Å². The van der Waals surface area contributed by atoms with Gasteiger partial charge in [-0.25, -0.2) is 4.98 Å². The van der Waals surface area contributed by atoms with Crippen LogP contribution >= 0.6 is 22.9 Å². The molecule has 1 aliphatic rings. The van der Waals surface area contributed by atoms with Gasteiger partial charge in [0.15, 0.2) is 5.13 Å². The number of piperidine rings is 1. The molecular formula is C20H19ClN4O2S. The molecule has 4 rings (SSSR count). The van der Waals surface area contributed by atoms with E-state index in [1.54, 1.807) is 23.5 Å². The zero-order chi connectivity index (χ0) is 19.7. The Labute approximate surface area is 171 Å². The van der Waals surface area contributed by atoms with Crippen LogP contribution in [0.3, 0.4) is 0 Å². The number of rotatable bonds is 4. The summed E-state index contributed by atoms with van der Waals surface area (Å²) in [6.45, 7) is 1.50. The molecule has 3 N–H and O–H groups in total. The van der Waals surface area contributed by atoms with Gasteiger partial charge in [0.1, 0.15) is 0 Å². The van der Waals surface area contributed by atoms with Crippen molar-refractivity contribution in [3.8, 4) is 0 Å². The zero-order valence-corrected chi connectivity index (χ0v) is 16.6. The summed E-state index contributed by atoms with van der Waals surface area (Å²) in [5, 5.41) is 4.10. The number of hydrogen-bond acceptors (Lipinski definition) is 5. The van der Waals surface area contributed by atoms with Crippen LogP contribution in [-0.2, 0) is 4.79 Å². The van der Waals surface area contributed by atoms with Crippen molar-refractivity contribution >= 4 is 55.8 Å². The van der Waals surface area contributed by atoms with E-state index in [9.17, 15) is 9.59 Å². The van der Waals surface area contributed by atoms with E-state index in [0.717, 1.165) is 34.7 Å². The Hall–Kier alpha value is -2.64. The van der Waals surface area contributed by atoms with Crippen molar-refractivity contribution in [3.05, 3.63) is 53.1 Å². The number of nitrogens with two attached hydrogens (primary N) is 1. The summed E-state index contributed by atoms with van der Waals surface area (Å²) in [6, 6.07) is 12.8. The molecule has 0 aliphatic carbocycles. The number of halogens is 1. The van der Waals surface area contributed by atoms with Crippen LogP contribution in [0.4, 0.5) is 10.8 Å². The Kier molecular flexibility index (Phi) is 5.19. The predicted octanol–water partition coefficient (Wildman–Crippen LogP) is 3.90. The summed E-state index contributed by atoms with van der Waals surface area (Å²) < 4.78 is 1.14. The molecule has 0 saturated carbocycles. The number of nitrogens with one attached hydrogen (secondary N) is 1. The third-order valence-electron chi connectivity index (χ3n) is 4.84. The molecule has 1 atom stereocenters. The fraction of sp³-hybridized carbons (Fsp3) is 0.250. The molecule has 1 aliphatic heterocycles. The summed E-state index contributed by atoms with van der Waals surface area (Å²) in [6.07, 6.45) is 1.73. The Morgan fingerprint density at radius 1 is 1.25 bits per heavy atom. The molecule has 0 bridgehead atoms. The highest BCUT2D eigenvalue weighted by Crippen LogP contribution is 2.32. The average Bonchev–Trinajstić information content (AvgIpc) is 3.13. The summed E-state index contributed by atoms with van der Waals surface area (Å²) >= 11 is 7.62. The Morgan fingerprint density at radius 3 is 2.86 bits per heavy atom. The van der Waals surface area contributed by atoms with Crippen LogP contribution in [0.25, 0.3) is 10.2 Å². The number of benzene rings is 2. The van der Waals surface area contributed by atoms with Crippen molar-refractivity contribution in [1.82, 2.24) is 4.98 Å². The van der Waals surface area contributed by atoms with Crippen molar-refractivity contribution < 1.29 is 9.59 Å². The van der Waals surface area contributed by atoms with Crippen molar-refractivity contribution in [2.75, 3.05) is 23.3 Å². The van der Waals surface area contributed by atoms with Crippen LogP contribution in [0.5, 0.6) is 0 Å². The van der Waals surface area contributed by atoms with Crippen LogP contribution in [0.15, 0.2) is 42.5 Å². The van der Waals surface area contributed by atoms with Gasteiger partial charge in [-0.1, -0.05) is 35.1 Å². The van der Waals surface area contributed by atoms with Crippen LogP contribution < -0.4 is 16.0 Å². The van der Waals surface area contributed by atoms with Gasteiger partial charge in [0, 0.05) is 18.8 Å². The lowest BCUT2D eigenvalue weighted by atomic mass is 9.97. The summed E-state index contributed by atoms with van der Waals surface area (Å²) in [7, 11) is 0. The van der Waals surface area contributed by atoms with Crippen LogP contribution in [0.1, 0.15) is 23.2 Å². The molecule has 2 amide bonds. The fourth-order valence-electron chi connectivity index (χ4n) is 3.40. The first-order valence-corrected chi connectivity index (χ1v) is 10.2. The van der Waals surface area contributed by atoms with E-state index in [1.807, 2.05) is 18.2 Å². The number of carbonyl (C=O) groups is 2. The molecule has 28 heavy (non-hydrogen) atoms. The molecule has 6 nitrogen and oxygen atoms in total. The minimum atomic E-state index is -0.624. The molecule has 1 saturated heterocycles. The first-order valence-electron chi connectivity index (χ1n) is 9.02. The molecule has 144 valence electrons. The Morgan fingerprint density at radius 2 is 2.07 bits per heavy atom. The molecule has 0 radical (unpaired) electrons. The number of thiazole rings is 1. The number of primary amides is 1. The molecule has 1 fully saturated rings. The zero-order valence-electron chi connectivity index (χ0n) is 15.0. The highest BCUT2D eigenvalue weighted by Gasteiger charge is 2.27. The highest BCUT2D eigenvalue weighted by atomic mass is 35.5. The number of anilines is 2. The van der Waals surface area contributed by atoms with Gasteiger partial charge in [-0.15, -0.1) is 0 Å². The van der Waals surface area contributed by atoms with Crippen molar-refractivity contribution in [2.24, 2.45) is 11.7 Å². The second-order valence-electron chi connectivity index (χ2n) is 6.80. The largest absolute Gasteiger partial charge is 0.366 e. The monoisotopic (exact) mass is 414 g/mol. The van der Waals surface area contributed by atoms with Gasteiger partial charge in [0.25, 0.3) is 0 Å². The van der Waals surface area contributed by atoms with Crippen LogP contribution in [0, 0.1) is 5.92 Å². The smallest absolute Gasteiger partial charge is 0.250 e. The third-order valence-corrected chi connectivity index (χ3v) is 6.27. The maximum atomic E-state index is 12.8. The molecular weight excluding hydrogens is 396 g/mol. The summed E-state index contributed by atoms with van der Waals surface area (Å²) in [4.78, 5) is 31.1. The number of aromatic nitrogens is 1. The Balaban J connectivity index is 1.47. The van der Waals surface area contributed by atoms with Gasteiger partial charge in [-0.3, -0.25) is 9.59 Å². The standard InChI is InChI=1S/C20H19ClN4O2S/c21-15-8-7-13(10-14(15)18(22)26)23-19(27)12-4-3-9-25(11-12)20-24-16-5-1-2-6-17(16)28-20/h1-2,5-8,10,12H,3-4,9,11H2,(H2,22,26)(H,23,27). The van der Waals surface area contributed by atoms with E-state index in [1.165, 1.54) is 6.07 Å². The molecule has 0 spiro atoms. The number of carbonyl (C=O) groups excluding carboxylic acids is 2. The second-order valence-corrected chi connectivity index (χ2v) is 8.21. The van der Waals surface area contributed by atoms with Gasteiger partial charge in [-0.2, -0.15) is 0 Å². The van der Waals surface area contributed by atoms with Gasteiger partial charge in [0.2, 0.25) is 11.8 Å². The van der Waals surface area contributed by atoms with E-state index in [-0.39, 0.29) is 22.4 Å². The first-order chi connectivity index (χ1) is 13.5. The average molecular weight is 415 g/mol. The van der Waals surface area contributed by atoms with E-state index in [4.69, 9.17) is 22.3 Å². The number of para-hydroxylation sites is 1. The summed E-state index contributed by atoms with van der Waals surface area (Å²) in [5.74, 6) is -0.863. The third kappa shape index (κ3) is 3.81. The predicted molar refractivity (Wildman–Crippen MR) is 113 cm³/mol. The molecule has 1 aromatic heterocycles. The van der Waals surface area contributed by atoms with Crippen molar-refractivity contribution in [3.63, 3.8) is 0 Å². The van der Waals surface area contributed by atoms with E-state index in [0.29, 0.717) is 12.2 Å². The minimum Gasteiger partial charge on any atom is -0.366 e. The molecule has 3 aromatic rings. The van der Waals surface area contributed by atoms with E-state index < -0.39 is 5.91 Å². The topological polar surface area (TPSA) is 88.3 Å². The van der Waals surface area contributed by atoms with Crippen molar-refractivity contribution in [1.29, 1.82) is 0 Å². The fourth-order valence-corrected chi connectivity index (χ4v) is 4.61. The van der Waals surface area contributed by atoms with Crippen LogP contribution in [-0.4, -0.2) is 29.9 Å². The molecule has 8 heteroatoms. The van der Waals surface area contributed by atoms with Gasteiger partial charge >= 0.3 is 0 Å². The van der Waals surface area contributed by atoms with Gasteiger partial charge in [-0.05, 0) is 43.2 Å². The lowest BCUT2D eigenvalue weighted by molar-refractivity contribution is -0.120. The SMILES string of the molecule is NC(=O)c1cc(NC(=O)C2CCCN(c3nc4ccccc4s3)C2)ccc1Cl. The molecule has 2 aromatic carbocycles. The maximum Gasteiger partial charge on any atom is 0.250 e. The Bertz CT molecular complexity index is 1020. The first kappa shape index (κ1) is 18.7. The molecule has 2 heterocycles. The molecule has 1 unspecified atom stereocenters. The highest BCUT2D eigenvalue weighted by molar-refractivity contribution is 7.22. The number of amides is 2. The second kappa shape index (κ2) is 7.77. The maximum absolute atomic E-state index is 12.8. The lowest BCUT2D eigenvalue weighted by Crippen LogP contribution is -2.40. The number of hydrogen-bond donors (Lipinski definition) is 2. The number of nitrogens with zero attached hydrogens (tertiary/aromatic N) is 2. The normalized spacial score (nSPS) is 16.9. The lowest BCUT2D eigenvalue weighted by Gasteiger charge is -2.31. The van der Waals surface area contributed by atoms with Gasteiger partial charge < -0.3 is 16.0 Å². The van der Waals surface area contributed by atoms with Gasteiger partial charge in [0.05, 0.1) is 26.7 Å². The quantitative estimate of drug-likeness (QED) is 0.677. The van der Waals surface area contributed by atoms with Crippen molar-refractivity contribution in [2.45, 2.75) is 12.8 Å². The summed E-state index contributed by atoms with van der Waals surface area (Å²) in [5.41, 5.74) is 7.01. The number of fused-ring (bicyclic) bond motifs is 1. The van der Waals surface area contributed by atoms with Crippen LogP contribution in [0.2, 0.25) is 5.02 Å².